The molecule has 1 saturated heterocycles. The zero-order valence-electron chi connectivity index (χ0n) is 14.4. The maximum Gasteiger partial charge on any atom is 0.290 e. The molecule has 5 heteroatoms. The van der Waals surface area contributed by atoms with Gasteiger partial charge in [-0.15, -0.1) is 0 Å². The van der Waals surface area contributed by atoms with Crippen molar-refractivity contribution < 1.29 is 13.9 Å². The van der Waals surface area contributed by atoms with Crippen molar-refractivity contribution in [3.8, 4) is 17.1 Å². The lowest BCUT2D eigenvalue weighted by atomic mass is 9.97. The van der Waals surface area contributed by atoms with Gasteiger partial charge in [0, 0.05) is 29.4 Å². The lowest BCUT2D eigenvalue weighted by Crippen LogP contribution is -2.47. The summed E-state index contributed by atoms with van der Waals surface area (Å²) < 4.78 is 11.0. The van der Waals surface area contributed by atoms with E-state index in [1.165, 1.54) is 0 Å². The minimum atomic E-state index is -0.0481. The predicted octanol–water partition coefficient (Wildman–Crippen LogP) is 3.94. The van der Waals surface area contributed by atoms with Gasteiger partial charge in [0.25, 0.3) is 5.91 Å². The van der Waals surface area contributed by atoms with Crippen molar-refractivity contribution in [1.82, 2.24) is 4.90 Å². The molecule has 0 bridgehead atoms. The summed E-state index contributed by atoms with van der Waals surface area (Å²) in [4.78, 5) is 14.8. The predicted molar refractivity (Wildman–Crippen MR) is 94.1 cm³/mol. The van der Waals surface area contributed by atoms with Crippen LogP contribution in [0, 0.1) is 0 Å². The number of piperidine rings is 1. The number of likely N-dealkylation sites (tertiary alicyclic amines) is 1. The molecule has 1 aromatic heterocycles. The molecule has 2 N–H and O–H groups in total. The molecule has 1 amide bonds. The normalized spacial score (nSPS) is 20.9. The number of benzene rings is 1. The second kappa shape index (κ2) is 6.59. The first-order chi connectivity index (χ1) is 11.5. The van der Waals surface area contributed by atoms with E-state index in [2.05, 4.69) is 13.8 Å². The summed E-state index contributed by atoms with van der Waals surface area (Å²) in [5.41, 5.74) is 7.38. The molecule has 5 nitrogen and oxygen atoms in total. The maximum atomic E-state index is 12.8. The van der Waals surface area contributed by atoms with E-state index in [0.29, 0.717) is 23.0 Å². The molecule has 2 aromatic rings. The molecule has 2 heterocycles. The van der Waals surface area contributed by atoms with E-state index < -0.39 is 0 Å². The quantitative estimate of drug-likeness (QED) is 0.867. The molecule has 1 aliphatic rings. The van der Waals surface area contributed by atoms with E-state index in [9.17, 15) is 4.79 Å². The van der Waals surface area contributed by atoms with E-state index in [1.54, 1.807) is 25.3 Å². The summed E-state index contributed by atoms with van der Waals surface area (Å²) in [6.07, 6.45) is 3.24. The number of nitrogens with two attached hydrogens (primary N) is 1. The van der Waals surface area contributed by atoms with Gasteiger partial charge in [0.2, 0.25) is 0 Å². The molecule has 0 saturated carbocycles. The molecule has 0 radical (unpaired) electrons. The van der Waals surface area contributed by atoms with Crippen LogP contribution >= 0.6 is 0 Å². The number of hydrogen-bond acceptors (Lipinski definition) is 4. The fraction of sp³-hybridized carbons (Fsp3) is 0.421. The number of carbonyl (C=O) groups is 1. The molecular formula is C19H24N2O3. The maximum absolute atomic E-state index is 12.8. The summed E-state index contributed by atoms with van der Waals surface area (Å²) in [5.74, 6) is 1.60. The molecule has 1 aliphatic heterocycles. The Bertz CT molecular complexity index is 728. The van der Waals surface area contributed by atoms with Crippen molar-refractivity contribution in [2.75, 3.05) is 12.8 Å². The van der Waals surface area contributed by atoms with Crippen LogP contribution in [0.25, 0.3) is 11.3 Å². The number of nitrogen functional groups attached to an aromatic ring is 1. The van der Waals surface area contributed by atoms with Gasteiger partial charge in [-0.3, -0.25) is 4.79 Å². The van der Waals surface area contributed by atoms with Crippen molar-refractivity contribution in [3.63, 3.8) is 0 Å². The number of hydrogen-bond donors (Lipinski definition) is 1. The molecule has 24 heavy (non-hydrogen) atoms. The van der Waals surface area contributed by atoms with Gasteiger partial charge in [0.15, 0.2) is 5.76 Å². The molecule has 2 atom stereocenters. The Morgan fingerprint density at radius 1 is 1.21 bits per heavy atom. The second-order valence-electron chi connectivity index (χ2n) is 6.46. The number of rotatable bonds is 3. The van der Waals surface area contributed by atoms with Crippen LogP contribution in [0.3, 0.4) is 0 Å². The Balaban J connectivity index is 1.86. The van der Waals surface area contributed by atoms with E-state index in [1.807, 2.05) is 17.0 Å². The Morgan fingerprint density at radius 3 is 2.54 bits per heavy atom. The third kappa shape index (κ3) is 2.98. The van der Waals surface area contributed by atoms with Gasteiger partial charge in [-0.1, -0.05) is 0 Å². The first-order valence-corrected chi connectivity index (χ1v) is 8.37. The monoisotopic (exact) mass is 328 g/mol. The Hall–Kier alpha value is -2.43. The topological polar surface area (TPSA) is 68.7 Å². The van der Waals surface area contributed by atoms with Gasteiger partial charge < -0.3 is 19.8 Å². The number of carbonyl (C=O) groups excluding carboxylic acids is 1. The van der Waals surface area contributed by atoms with Crippen LogP contribution in [0.4, 0.5) is 5.69 Å². The van der Waals surface area contributed by atoms with Gasteiger partial charge in [0.05, 0.1) is 7.11 Å². The van der Waals surface area contributed by atoms with Crippen LogP contribution in [0.15, 0.2) is 34.7 Å². The number of furan rings is 1. The van der Waals surface area contributed by atoms with Crippen LogP contribution in [0.5, 0.6) is 5.75 Å². The molecule has 3 rings (SSSR count). The fourth-order valence-corrected chi connectivity index (χ4v) is 3.44. The van der Waals surface area contributed by atoms with Gasteiger partial charge in [-0.25, -0.2) is 0 Å². The first-order valence-electron chi connectivity index (χ1n) is 8.37. The molecule has 1 fully saturated rings. The Kier molecular flexibility index (Phi) is 4.51. The molecule has 0 unspecified atom stereocenters. The molecule has 0 aliphatic carbocycles. The van der Waals surface area contributed by atoms with Crippen molar-refractivity contribution >= 4 is 11.6 Å². The van der Waals surface area contributed by atoms with Crippen molar-refractivity contribution in [2.45, 2.75) is 45.2 Å². The van der Waals surface area contributed by atoms with Crippen LogP contribution in [0.2, 0.25) is 0 Å². The Labute approximate surface area is 142 Å². The van der Waals surface area contributed by atoms with Gasteiger partial charge >= 0.3 is 0 Å². The third-order valence-corrected chi connectivity index (χ3v) is 4.77. The van der Waals surface area contributed by atoms with Crippen LogP contribution in [-0.4, -0.2) is 30.0 Å². The van der Waals surface area contributed by atoms with Gasteiger partial charge in [-0.2, -0.15) is 0 Å². The lowest BCUT2D eigenvalue weighted by Gasteiger charge is -2.38. The van der Waals surface area contributed by atoms with Crippen LogP contribution in [-0.2, 0) is 0 Å². The zero-order chi connectivity index (χ0) is 17.3. The highest BCUT2D eigenvalue weighted by Crippen LogP contribution is 2.32. The largest absolute Gasteiger partial charge is 0.497 e. The number of methoxy groups -OCH3 is 1. The zero-order valence-corrected chi connectivity index (χ0v) is 14.4. The number of nitrogens with zero attached hydrogens (tertiary/aromatic N) is 1. The SMILES string of the molecule is COc1ccc(-c2ccc(C(=O)N3[C@H](C)CCC[C@@H]3C)o2)c(N)c1. The number of amides is 1. The first kappa shape index (κ1) is 16.4. The minimum absolute atomic E-state index is 0.0481. The third-order valence-electron chi connectivity index (χ3n) is 4.77. The number of ether oxygens (including phenoxy) is 1. The highest BCUT2D eigenvalue weighted by Gasteiger charge is 2.31. The summed E-state index contributed by atoms with van der Waals surface area (Å²) in [6, 6.07) is 9.41. The lowest BCUT2D eigenvalue weighted by molar-refractivity contribution is 0.0479. The van der Waals surface area contributed by atoms with E-state index in [-0.39, 0.29) is 18.0 Å². The van der Waals surface area contributed by atoms with Crippen LogP contribution < -0.4 is 10.5 Å². The van der Waals surface area contributed by atoms with Crippen molar-refractivity contribution in [2.24, 2.45) is 0 Å². The molecule has 128 valence electrons. The molecule has 0 spiro atoms. The Morgan fingerprint density at radius 2 is 1.92 bits per heavy atom. The summed E-state index contributed by atoms with van der Waals surface area (Å²) in [7, 11) is 1.60. The average Bonchev–Trinajstić information content (AvgIpc) is 3.04. The standard InChI is InChI=1S/C19H24N2O3/c1-12-5-4-6-13(2)21(12)19(22)18-10-9-17(24-18)15-8-7-14(23-3)11-16(15)20/h7-13H,4-6,20H2,1-3H3/t12-,13+. The highest BCUT2D eigenvalue weighted by atomic mass is 16.5. The average molecular weight is 328 g/mol. The van der Waals surface area contributed by atoms with Gasteiger partial charge in [-0.05, 0) is 57.4 Å². The molecule has 1 aromatic carbocycles. The van der Waals surface area contributed by atoms with E-state index in [4.69, 9.17) is 14.9 Å². The van der Waals surface area contributed by atoms with Gasteiger partial charge in [0.1, 0.15) is 11.5 Å². The van der Waals surface area contributed by atoms with Crippen molar-refractivity contribution in [3.05, 3.63) is 36.1 Å². The second-order valence-corrected chi connectivity index (χ2v) is 6.46. The van der Waals surface area contributed by atoms with E-state index in [0.717, 1.165) is 24.8 Å². The summed E-state index contributed by atoms with van der Waals surface area (Å²) >= 11 is 0. The number of anilines is 1. The van der Waals surface area contributed by atoms with Crippen molar-refractivity contribution in [1.29, 1.82) is 0 Å². The molecular weight excluding hydrogens is 304 g/mol. The van der Waals surface area contributed by atoms with Crippen LogP contribution in [0.1, 0.15) is 43.7 Å². The smallest absolute Gasteiger partial charge is 0.290 e. The summed E-state index contributed by atoms with van der Waals surface area (Å²) in [5, 5.41) is 0. The highest BCUT2D eigenvalue weighted by molar-refractivity contribution is 5.93. The minimum Gasteiger partial charge on any atom is -0.497 e. The summed E-state index contributed by atoms with van der Waals surface area (Å²) in [6.45, 7) is 4.19. The van der Waals surface area contributed by atoms with E-state index >= 15 is 0 Å². The fourth-order valence-electron chi connectivity index (χ4n) is 3.44.